The lowest BCUT2D eigenvalue weighted by molar-refractivity contribution is -0.0171. The summed E-state index contributed by atoms with van der Waals surface area (Å²) >= 11 is 0. The third-order valence-corrected chi connectivity index (χ3v) is 5.36. The quantitative estimate of drug-likeness (QED) is 0.759. The molecular formula is C21H30N2O3. The fourth-order valence-electron chi connectivity index (χ4n) is 3.76. The lowest BCUT2D eigenvalue weighted by Gasteiger charge is -2.38. The lowest BCUT2D eigenvalue weighted by Crippen LogP contribution is -2.49. The van der Waals surface area contributed by atoms with E-state index in [1.807, 2.05) is 29.2 Å². The van der Waals surface area contributed by atoms with Crippen molar-refractivity contribution in [1.29, 1.82) is 0 Å². The van der Waals surface area contributed by atoms with Crippen LogP contribution in [0.1, 0.15) is 30.6 Å². The number of amides is 1. The molecule has 142 valence electrons. The summed E-state index contributed by atoms with van der Waals surface area (Å²) in [6.07, 6.45) is 2.85. The second-order valence-corrected chi connectivity index (χ2v) is 7.42. The summed E-state index contributed by atoms with van der Waals surface area (Å²) in [5, 5.41) is 0. The standard InChI is InChI=1S/C21H30N2O3/c1-4-12-25-19-7-5-17(6-8-19)21(24)23-10-9-18-14-22(16(2)3)11-13-26-20(18)15-23/h4-8,16,18,20H,1,9-15H2,2-3H3. The minimum atomic E-state index is 0.0762. The molecule has 2 atom stereocenters. The van der Waals surface area contributed by atoms with Gasteiger partial charge in [-0.05, 0) is 44.5 Å². The van der Waals surface area contributed by atoms with Gasteiger partial charge in [-0.3, -0.25) is 9.69 Å². The second-order valence-electron chi connectivity index (χ2n) is 7.42. The van der Waals surface area contributed by atoms with Crippen LogP contribution in [0.5, 0.6) is 5.75 Å². The molecule has 0 aromatic heterocycles. The predicted octanol–water partition coefficient (Wildman–Crippen LogP) is 2.82. The summed E-state index contributed by atoms with van der Waals surface area (Å²) in [6, 6.07) is 7.89. The number of rotatable bonds is 5. The maximum Gasteiger partial charge on any atom is 0.253 e. The molecule has 1 amide bonds. The number of fused-ring (bicyclic) bond motifs is 1. The summed E-state index contributed by atoms with van der Waals surface area (Å²) in [5.41, 5.74) is 0.701. The molecular weight excluding hydrogens is 328 g/mol. The minimum Gasteiger partial charge on any atom is -0.490 e. The van der Waals surface area contributed by atoms with Crippen molar-refractivity contribution in [1.82, 2.24) is 9.80 Å². The molecule has 0 bridgehead atoms. The first kappa shape index (κ1) is 18.9. The Labute approximate surface area is 156 Å². The number of carbonyl (C=O) groups is 1. The molecule has 2 aliphatic heterocycles. The Morgan fingerprint density at radius 1 is 1.31 bits per heavy atom. The topological polar surface area (TPSA) is 42.0 Å². The Kier molecular flexibility index (Phi) is 6.33. The third-order valence-electron chi connectivity index (χ3n) is 5.36. The van der Waals surface area contributed by atoms with E-state index in [9.17, 15) is 4.79 Å². The van der Waals surface area contributed by atoms with Gasteiger partial charge in [0.05, 0.1) is 12.7 Å². The van der Waals surface area contributed by atoms with Crippen molar-refractivity contribution in [2.24, 2.45) is 5.92 Å². The highest BCUT2D eigenvalue weighted by Gasteiger charge is 2.35. The molecule has 2 unspecified atom stereocenters. The van der Waals surface area contributed by atoms with E-state index in [0.29, 0.717) is 30.7 Å². The van der Waals surface area contributed by atoms with E-state index in [4.69, 9.17) is 9.47 Å². The van der Waals surface area contributed by atoms with Crippen LogP contribution >= 0.6 is 0 Å². The monoisotopic (exact) mass is 358 g/mol. The molecule has 0 saturated carbocycles. The number of hydrogen-bond donors (Lipinski definition) is 0. The Morgan fingerprint density at radius 3 is 2.77 bits per heavy atom. The van der Waals surface area contributed by atoms with Gasteiger partial charge in [-0.25, -0.2) is 0 Å². The Bertz CT molecular complexity index is 614. The van der Waals surface area contributed by atoms with Gasteiger partial charge in [0.2, 0.25) is 0 Å². The maximum absolute atomic E-state index is 12.9. The Balaban J connectivity index is 1.61. The van der Waals surface area contributed by atoms with Gasteiger partial charge >= 0.3 is 0 Å². The highest BCUT2D eigenvalue weighted by Crippen LogP contribution is 2.26. The molecule has 1 aromatic carbocycles. The Hall–Kier alpha value is -1.85. The molecule has 2 heterocycles. The van der Waals surface area contributed by atoms with Crippen LogP contribution in [-0.4, -0.2) is 67.2 Å². The van der Waals surface area contributed by atoms with Crippen LogP contribution in [0.25, 0.3) is 0 Å². The van der Waals surface area contributed by atoms with Crippen LogP contribution < -0.4 is 4.74 Å². The molecule has 5 nitrogen and oxygen atoms in total. The van der Waals surface area contributed by atoms with E-state index in [2.05, 4.69) is 25.3 Å². The zero-order valence-electron chi connectivity index (χ0n) is 15.9. The van der Waals surface area contributed by atoms with E-state index in [0.717, 1.165) is 38.4 Å². The molecule has 26 heavy (non-hydrogen) atoms. The van der Waals surface area contributed by atoms with Crippen molar-refractivity contribution < 1.29 is 14.3 Å². The van der Waals surface area contributed by atoms with Crippen molar-refractivity contribution in [2.45, 2.75) is 32.4 Å². The van der Waals surface area contributed by atoms with Gasteiger partial charge in [0, 0.05) is 43.7 Å². The lowest BCUT2D eigenvalue weighted by atomic mass is 9.92. The van der Waals surface area contributed by atoms with Gasteiger partial charge in [-0.2, -0.15) is 0 Å². The number of carbonyl (C=O) groups excluding carboxylic acids is 1. The van der Waals surface area contributed by atoms with Gasteiger partial charge in [-0.15, -0.1) is 0 Å². The van der Waals surface area contributed by atoms with E-state index in [1.54, 1.807) is 6.08 Å². The molecule has 2 saturated heterocycles. The first-order chi connectivity index (χ1) is 12.6. The van der Waals surface area contributed by atoms with Crippen LogP contribution in [0, 0.1) is 5.92 Å². The fourth-order valence-corrected chi connectivity index (χ4v) is 3.76. The zero-order chi connectivity index (χ0) is 18.5. The van der Waals surface area contributed by atoms with E-state index >= 15 is 0 Å². The summed E-state index contributed by atoms with van der Waals surface area (Å²) < 4.78 is 11.6. The molecule has 2 fully saturated rings. The first-order valence-corrected chi connectivity index (χ1v) is 9.57. The normalized spacial score (nSPS) is 24.0. The predicted molar refractivity (Wildman–Crippen MR) is 103 cm³/mol. The van der Waals surface area contributed by atoms with Gasteiger partial charge in [-0.1, -0.05) is 12.7 Å². The fraction of sp³-hybridized carbons (Fsp3) is 0.571. The molecule has 1 aromatic rings. The third kappa shape index (κ3) is 4.46. The zero-order valence-corrected chi connectivity index (χ0v) is 15.9. The van der Waals surface area contributed by atoms with Crippen molar-refractivity contribution >= 4 is 5.91 Å². The van der Waals surface area contributed by atoms with Crippen LogP contribution in [0.2, 0.25) is 0 Å². The molecule has 0 aliphatic carbocycles. The number of hydrogen-bond acceptors (Lipinski definition) is 4. The highest BCUT2D eigenvalue weighted by molar-refractivity contribution is 5.94. The number of ether oxygens (including phenoxy) is 2. The maximum atomic E-state index is 12.9. The first-order valence-electron chi connectivity index (χ1n) is 9.57. The van der Waals surface area contributed by atoms with Crippen molar-refractivity contribution in [3.05, 3.63) is 42.5 Å². The number of benzene rings is 1. The van der Waals surface area contributed by atoms with Crippen molar-refractivity contribution in [3.8, 4) is 5.75 Å². The molecule has 2 aliphatic rings. The van der Waals surface area contributed by atoms with Gasteiger partial charge < -0.3 is 14.4 Å². The summed E-state index contributed by atoms with van der Waals surface area (Å²) in [7, 11) is 0. The van der Waals surface area contributed by atoms with Gasteiger partial charge in [0.1, 0.15) is 12.4 Å². The number of nitrogens with zero attached hydrogens (tertiary/aromatic N) is 2. The number of piperidine rings is 1. The molecule has 0 spiro atoms. The van der Waals surface area contributed by atoms with Crippen molar-refractivity contribution in [3.63, 3.8) is 0 Å². The second kappa shape index (κ2) is 8.69. The van der Waals surface area contributed by atoms with E-state index in [1.165, 1.54) is 0 Å². The largest absolute Gasteiger partial charge is 0.490 e. The average molecular weight is 358 g/mol. The van der Waals surface area contributed by atoms with Gasteiger partial charge in [0.25, 0.3) is 5.91 Å². The molecule has 5 heteroatoms. The summed E-state index contributed by atoms with van der Waals surface area (Å²) in [5.74, 6) is 1.34. The van der Waals surface area contributed by atoms with Crippen LogP contribution in [0.4, 0.5) is 0 Å². The highest BCUT2D eigenvalue weighted by atomic mass is 16.5. The van der Waals surface area contributed by atoms with Crippen LogP contribution in [0.3, 0.4) is 0 Å². The van der Waals surface area contributed by atoms with Gasteiger partial charge in [0.15, 0.2) is 0 Å². The van der Waals surface area contributed by atoms with E-state index < -0.39 is 0 Å². The SMILES string of the molecule is C=CCOc1ccc(C(=O)N2CCC3CN(C(C)C)CCOC3C2)cc1. The smallest absolute Gasteiger partial charge is 0.253 e. The molecule has 3 rings (SSSR count). The average Bonchev–Trinajstić information content (AvgIpc) is 2.88. The van der Waals surface area contributed by atoms with Crippen LogP contribution in [0.15, 0.2) is 36.9 Å². The summed E-state index contributed by atoms with van der Waals surface area (Å²) in [6.45, 7) is 12.8. The minimum absolute atomic E-state index is 0.0762. The van der Waals surface area contributed by atoms with E-state index in [-0.39, 0.29) is 12.0 Å². The molecule has 0 radical (unpaired) electrons. The molecule has 0 N–H and O–H groups in total. The summed E-state index contributed by atoms with van der Waals surface area (Å²) in [4.78, 5) is 17.3. The van der Waals surface area contributed by atoms with Crippen LogP contribution in [-0.2, 0) is 4.74 Å². The Morgan fingerprint density at radius 2 is 2.08 bits per heavy atom. The number of likely N-dealkylation sites (tertiary alicyclic amines) is 1. The van der Waals surface area contributed by atoms with Crippen molar-refractivity contribution in [2.75, 3.05) is 39.4 Å².